The van der Waals surface area contributed by atoms with Crippen LogP contribution in [-0.4, -0.2) is 19.0 Å². The van der Waals surface area contributed by atoms with Gasteiger partial charge in [-0.3, -0.25) is 4.79 Å². The number of nitrogens with one attached hydrogen (secondary N) is 1. The molecule has 0 fully saturated rings. The normalized spacial score (nSPS) is 10.3. The fourth-order valence-electron chi connectivity index (χ4n) is 2.42. The number of methoxy groups -OCH3 is 1. The van der Waals surface area contributed by atoms with E-state index in [4.69, 9.17) is 4.74 Å². The Morgan fingerprint density at radius 1 is 1.00 bits per heavy atom. The number of rotatable bonds is 3. The first kappa shape index (κ1) is 17.2. The van der Waals surface area contributed by atoms with Crippen molar-refractivity contribution in [3.05, 3.63) is 62.6 Å². The number of esters is 1. The summed E-state index contributed by atoms with van der Waals surface area (Å²) in [6.45, 7) is 5.59. The third-order valence-corrected chi connectivity index (χ3v) is 4.13. The van der Waals surface area contributed by atoms with Crippen molar-refractivity contribution in [1.29, 1.82) is 0 Å². The summed E-state index contributed by atoms with van der Waals surface area (Å²) in [4.78, 5) is 24.2. The van der Waals surface area contributed by atoms with Crippen LogP contribution >= 0.6 is 15.9 Å². The highest BCUT2D eigenvalue weighted by atomic mass is 79.9. The van der Waals surface area contributed by atoms with Crippen molar-refractivity contribution in [2.45, 2.75) is 20.8 Å². The lowest BCUT2D eigenvalue weighted by atomic mass is 10.0. The zero-order valence-corrected chi connectivity index (χ0v) is 15.1. The molecule has 0 bridgehead atoms. The Morgan fingerprint density at radius 3 is 2.17 bits per heavy atom. The summed E-state index contributed by atoms with van der Waals surface area (Å²) in [6, 6.07) is 9.00. The summed E-state index contributed by atoms with van der Waals surface area (Å²) >= 11 is 3.38. The largest absolute Gasteiger partial charge is 0.465 e. The average Bonchev–Trinajstić information content (AvgIpc) is 2.51. The second-order valence-electron chi connectivity index (χ2n) is 5.39. The number of hydrogen-bond donors (Lipinski definition) is 1. The number of carbonyl (C=O) groups excluding carboxylic acids is 2. The maximum atomic E-state index is 12.5. The van der Waals surface area contributed by atoms with Crippen molar-refractivity contribution in [3.8, 4) is 0 Å². The first-order chi connectivity index (χ1) is 10.8. The highest BCUT2D eigenvalue weighted by Crippen LogP contribution is 2.24. The molecule has 0 aliphatic carbocycles. The Morgan fingerprint density at radius 2 is 1.61 bits per heavy atom. The van der Waals surface area contributed by atoms with Crippen molar-refractivity contribution >= 4 is 33.5 Å². The Bertz CT molecular complexity index is 761. The number of aryl methyl sites for hydroxylation is 3. The molecule has 2 aromatic carbocycles. The van der Waals surface area contributed by atoms with Crippen LogP contribution in [-0.2, 0) is 4.74 Å². The van der Waals surface area contributed by atoms with Crippen LogP contribution in [0.25, 0.3) is 0 Å². The molecule has 1 N–H and O–H groups in total. The lowest BCUT2D eigenvalue weighted by Gasteiger charge is -2.14. The van der Waals surface area contributed by atoms with Gasteiger partial charge in [-0.15, -0.1) is 0 Å². The first-order valence-electron chi connectivity index (χ1n) is 7.10. The minimum absolute atomic E-state index is 0.180. The monoisotopic (exact) mass is 375 g/mol. The van der Waals surface area contributed by atoms with Crippen molar-refractivity contribution in [3.63, 3.8) is 0 Å². The van der Waals surface area contributed by atoms with Gasteiger partial charge in [-0.05, 0) is 61.7 Å². The molecule has 0 spiro atoms. The van der Waals surface area contributed by atoms with Crippen molar-refractivity contribution in [2.75, 3.05) is 12.4 Å². The fourth-order valence-corrected chi connectivity index (χ4v) is 2.78. The molecule has 1 amide bonds. The summed E-state index contributed by atoms with van der Waals surface area (Å²) in [7, 11) is 1.35. The van der Waals surface area contributed by atoms with E-state index in [2.05, 4.69) is 21.2 Å². The molecule has 5 heteroatoms. The van der Waals surface area contributed by atoms with Crippen LogP contribution in [0.3, 0.4) is 0 Å². The van der Waals surface area contributed by atoms with Crippen LogP contribution in [0.5, 0.6) is 0 Å². The summed E-state index contributed by atoms with van der Waals surface area (Å²) in [5.41, 5.74) is 4.31. The van der Waals surface area contributed by atoms with Crippen LogP contribution in [0.2, 0.25) is 0 Å². The second kappa shape index (κ2) is 6.96. The topological polar surface area (TPSA) is 55.4 Å². The van der Waals surface area contributed by atoms with Crippen molar-refractivity contribution in [1.82, 2.24) is 0 Å². The number of benzene rings is 2. The third-order valence-electron chi connectivity index (χ3n) is 3.64. The van der Waals surface area contributed by atoms with E-state index in [1.807, 2.05) is 32.9 Å². The van der Waals surface area contributed by atoms with Gasteiger partial charge in [0.1, 0.15) is 0 Å². The van der Waals surface area contributed by atoms with Crippen LogP contribution in [0.4, 0.5) is 5.69 Å². The first-order valence-corrected chi connectivity index (χ1v) is 7.90. The Labute approximate surface area is 144 Å². The van der Waals surface area contributed by atoms with Gasteiger partial charge in [0.2, 0.25) is 0 Å². The molecule has 0 aliphatic heterocycles. The quantitative estimate of drug-likeness (QED) is 0.808. The van der Waals surface area contributed by atoms with E-state index in [1.54, 1.807) is 18.2 Å². The van der Waals surface area contributed by atoms with Gasteiger partial charge in [0.15, 0.2) is 0 Å². The third kappa shape index (κ3) is 3.79. The van der Waals surface area contributed by atoms with Gasteiger partial charge >= 0.3 is 5.97 Å². The van der Waals surface area contributed by atoms with Gasteiger partial charge in [-0.1, -0.05) is 22.0 Å². The van der Waals surface area contributed by atoms with E-state index >= 15 is 0 Å². The minimum atomic E-state index is -0.392. The van der Waals surface area contributed by atoms with E-state index < -0.39 is 5.97 Å². The Balaban J connectivity index is 2.35. The molecule has 120 valence electrons. The zero-order chi connectivity index (χ0) is 17.1. The molecule has 0 heterocycles. The van der Waals surface area contributed by atoms with E-state index in [0.717, 1.165) is 21.2 Å². The summed E-state index contributed by atoms with van der Waals surface area (Å²) in [5.74, 6) is -0.572. The van der Waals surface area contributed by atoms with Gasteiger partial charge in [0, 0.05) is 15.7 Å². The molecular weight excluding hydrogens is 358 g/mol. The Hall–Kier alpha value is -2.14. The molecule has 0 unspecified atom stereocenters. The number of ether oxygens (including phenoxy) is 1. The van der Waals surface area contributed by atoms with Gasteiger partial charge in [0.05, 0.1) is 12.7 Å². The fraction of sp³-hybridized carbons (Fsp3) is 0.222. The van der Waals surface area contributed by atoms with E-state index in [-0.39, 0.29) is 5.91 Å². The van der Waals surface area contributed by atoms with Gasteiger partial charge in [-0.2, -0.15) is 0 Å². The van der Waals surface area contributed by atoms with Crippen LogP contribution in [0.15, 0.2) is 34.8 Å². The summed E-state index contributed by atoms with van der Waals surface area (Å²) in [5, 5.41) is 2.94. The van der Waals surface area contributed by atoms with Gasteiger partial charge in [-0.25, -0.2) is 4.79 Å². The van der Waals surface area contributed by atoms with Crippen molar-refractivity contribution in [2.24, 2.45) is 0 Å². The van der Waals surface area contributed by atoms with E-state index in [9.17, 15) is 9.59 Å². The zero-order valence-electron chi connectivity index (χ0n) is 13.5. The maximum absolute atomic E-state index is 12.5. The van der Waals surface area contributed by atoms with Gasteiger partial charge < -0.3 is 10.1 Å². The van der Waals surface area contributed by atoms with Gasteiger partial charge in [0.25, 0.3) is 5.91 Å². The molecular formula is C18H18BrNO3. The molecule has 0 saturated heterocycles. The predicted octanol–water partition coefficient (Wildman–Crippen LogP) is 4.41. The van der Waals surface area contributed by atoms with Crippen LogP contribution in [0.1, 0.15) is 37.4 Å². The minimum Gasteiger partial charge on any atom is -0.465 e. The molecule has 0 aromatic heterocycles. The number of carbonyl (C=O) groups is 2. The lowest BCUT2D eigenvalue weighted by molar-refractivity contribution is 0.0600. The van der Waals surface area contributed by atoms with Crippen molar-refractivity contribution < 1.29 is 14.3 Å². The number of hydrogen-bond acceptors (Lipinski definition) is 3. The smallest absolute Gasteiger partial charge is 0.337 e. The molecule has 0 atom stereocenters. The molecule has 2 rings (SSSR count). The highest BCUT2D eigenvalue weighted by Gasteiger charge is 2.15. The molecule has 2 aromatic rings. The molecule has 0 aliphatic rings. The number of amides is 1. The SMILES string of the molecule is COC(=O)c1cc(C)c(NC(=O)c2cc(Br)ccc2C)c(C)c1. The number of anilines is 1. The standard InChI is InChI=1S/C18H18BrNO3/c1-10-5-6-14(19)9-15(10)17(21)20-16-11(2)7-13(8-12(16)3)18(22)23-4/h5-9H,1-4H3,(H,20,21). The van der Waals surface area contributed by atoms with E-state index in [1.165, 1.54) is 7.11 Å². The lowest BCUT2D eigenvalue weighted by Crippen LogP contribution is -2.16. The van der Waals surface area contributed by atoms with Crippen LogP contribution in [0, 0.1) is 20.8 Å². The molecule has 0 radical (unpaired) electrons. The van der Waals surface area contributed by atoms with Crippen LogP contribution < -0.4 is 5.32 Å². The average molecular weight is 376 g/mol. The van der Waals surface area contributed by atoms with E-state index in [0.29, 0.717) is 16.8 Å². The predicted molar refractivity (Wildman–Crippen MR) is 94.1 cm³/mol. The summed E-state index contributed by atoms with van der Waals surface area (Å²) < 4.78 is 5.58. The summed E-state index contributed by atoms with van der Waals surface area (Å²) in [6.07, 6.45) is 0. The highest BCUT2D eigenvalue weighted by molar-refractivity contribution is 9.10. The maximum Gasteiger partial charge on any atom is 0.337 e. The molecule has 23 heavy (non-hydrogen) atoms. The molecule has 0 saturated carbocycles. The Kier molecular flexibility index (Phi) is 5.21. The molecule has 4 nitrogen and oxygen atoms in total. The number of halogens is 1. The second-order valence-corrected chi connectivity index (χ2v) is 6.31.